The zero-order valence-electron chi connectivity index (χ0n) is 13.5. The van der Waals surface area contributed by atoms with Crippen molar-refractivity contribution in [3.63, 3.8) is 0 Å². The van der Waals surface area contributed by atoms with Gasteiger partial charge >= 0.3 is 0 Å². The maximum Gasteiger partial charge on any atom is 0.137 e. The van der Waals surface area contributed by atoms with Crippen LogP contribution >= 0.6 is 0 Å². The highest BCUT2D eigenvalue weighted by atomic mass is 16.5. The van der Waals surface area contributed by atoms with Gasteiger partial charge in [-0.25, -0.2) is 0 Å². The molecule has 1 N–H and O–H groups in total. The summed E-state index contributed by atoms with van der Waals surface area (Å²) in [5.41, 5.74) is 2.57. The van der Waals surface area contributed by atoms with Crippen molar-refractivity contribution in [1.29, 1.82) is 0 Å². The van der Waals surface area contributed by atoms with Crippen LogP contribution in [0.3, 0.4) is 0 Å². The van der Waals surface area contributed by atoms with Crippen LogP contribution in [0.4, 0.5) is 0 Å². The number of benzene rings is 2. The Morgan fingerprint density at radius 3 is 2.35 bits per heavy atom. The number of ether oxygens (including phenoxy) is 1. The molecule has 2 unspecified atom stereocenters. The van der Waals surface area contributed by atoms with E-state index in [0.717, 1.165) is 25.9 Å². The summed E-state index contributed by atoms with van der Waals surface area (Å²) in [5, 5.41) is 9.42. The highest BCUT2D eigenvalue weighted by Gasteiger charge is 2.32. The third-order valence-electron chi connectivity index (χ3n) is 4.38. The smallest absolute Gasteiger partial charge is 0.137 e. The average molecular weight is 311 g/mol. The number of hydrogen-bond acceptors (Lipinski definition) is 3. The Balaban J connectivity index is 1.52. The van der Waals surface area contributed by atoms with Crippen molar-refractivity contribution in [3.8, 4) is 0 Å². The molecule has 1 aliphatic heterocycles. The standard InChI is InChI=1S/C20H25NO2/c22-16-19-15-21(20(23-19)18-12-5-2-6-13-18)14-8-7-11-17-9-3-1-4-10-17/h1-6,9-10,12-13,19-20,22H,7-8,11,14-16H2. The van der Waals surface area contributed by atoms with Crippen molar-refractivity contribution in [2.24, 2.45) is 0 Å². The first kappa shape index (κ1) is 16.2. The molecule has 23 heavy (non-hydrogen) atoms. The highest BCUT2D eigenvalue weighted by Crippen LogP contribution is 2.30. The van der Waals surface area contributed by atoms with Crippen LogP contribution in [0.5, 0.6) is 0 Å². The lowest BCUT2D eigenvalue weighted by molar-refractivity contribution is -0.0198. The number of aliphatic hydroxyl groups excluding tert-OH is 1. The van der Waals surface area contributed by atoms with E-state index in [1.807, 2.05) is 18.2 Å². The predicted molar refractivity (Wildman–Crippen MR) is 92.1 cm³/mol. The second-order valence-corrected chi connectivity index (χ2v) is 6.14. The summed E-state index contributed by atoms with van der Waals surface area (Å²) >= 11 is 0. The van der Waals surface area contributed by atoms with Crippen molar-refractivity contribution in [3.05, 3.63) is 71.8 Å². The monoisotopic (exact) mass is 311 g/mol. The van der Waals surface area contributed by atoms with Gasteiger partial charge in [-0.05, 0) is 30.4 Å². The molecule has 3 rings (SSSR count). The van der Waals surface area contributed by atoms with Crippen LogP contribution in [0, 0.1) is 0 Å². The molecule has 1 heterocycles. The molecule has 0 radical (unpaired) electrons. The minimum atomic E-state index is -0.0747. The van der Waals surface area contributed by atoms with E-state index in [-0.39, 0.29) is 18.9 Å². The van der Waals surface area contributed by atoms with Gasteiger partial charge in [-0.15, -0.1) is 0 Å². The molecule has 0 amide bonds. The third-order valence-corrected chi connectivity index (χ3v) is 4.38. The zero-order valence-corrected chi connectivity index (χ0v) is 13.5. The lowest BCUT2D eigenvalue weighted by atomic mass is 10.1. The molecule has 2 aromatic carbocycles. The molecule has 2 aromatic rings. The molecule has 3 nitrogen and oxygen atoms in total. The number of nitrogens with zero attached hydrogens (tertiary/aromatic N) is 1. The second kappa shape index (κ2) is 8.25. The number of aliphatic hydroxyl groups is 1. The number of aryl methyl sites for hydroxylation is 1. The molecule has 0 bridgehead atoms. The first-order valence-electron chi connectivity index (χ1n) is 8.46. The quantitative estimate of drug-likeness (QED) is 0.796. The fraction of sp³-hybridized carbons (Fsp3) is 0.400. The van der Waals surface area contributed by atoms with E-state index in [1.165, 1.54) is 17.5 Å². The molecule has 3 heteroatoms. The summed E-state index contributed by atoms with van der Waals surface area (Å²) in [6.45, 7) is 1.90. The van der Waals surface area contributed by atoms with Gasteiger partial charge in [-0.2, -0.15) is 0 Å². The van der Waals surface area contributed by atoms with Gasteiger partial charge in [0.2, 0.25) is 0 Å². The lowest BCUT2D eigenvalue weighted by Crippen LogP contribution is -2.26. The van der Waals surface area contributed by atoms with Gasteiger partial charge in [-0.3, -0.25) is 4.90 Å². The second-order valence-electron chi connectivity index (χ2n) is 6.14. The molecule has 1 aliphatic rings. The van der Waals surface area contributed by atoms with Crippen LogP contribution in [0.1, 0.15) is 30.2 Å². The van der Waals surface area contributed by atoms with E-state index >= 15 is 0 Å². The molecule has 2 atom stereocenters. The van der Waals surface area contributed by atoms with Crippen LogP contribution in [0.25, 0.3) is 0 Å². The first-order valence-corrected chi connectivity index (χ1v) is 8.46. The summed E-state index contributed by atoms with van der Waals surface area (Å²) in [5.74, 6) is 0. The van der Waals surface area contributed by atoms with Gasteiger partial charge in [0.1, 0.15) is 6.23 Å². The van der Waals surface area contributed by atoms with Gasteiger partial charge in [0, 0.05) is 13.1 Å². The minimum Gasteiger partial charge on any atom is -0.394 e. The van der Waals surface area contributed by atoms with Gasteiger partial charge in [0.25, 0.3) is 0 Å². The number of hydrogen-bond donors (Lipinski definition) is 1. The Bertz CT molecular complexity index is 573. The fourth-order valence-electron chi connectivity index (χ4n) is 3.17. The molecule has 0 aliphatic carbocycles. The Morgan fingerprint density at radius 2 is 1.65 bits per heavy atom. The molecule has 0 aromatic heterocycles. The highest BCUT2D eigenvalue weighted by molar-refractivity contribution is 5.18. The van der Waals surface area contributed by atoms with E-state index in [1.54, 1.807) is 0 Å². The van der Waals surface area contributed by atoms with Crippen LogP contribution in [0.15, 0.2) is 60.7 Å². The topological polar surface area (TPSA) is 32.7 Å². The SMILES string of the molecule is OCC1CN(CCCCc2ccccc2)C(c2ccccc2)O1. The maximum absolute atomic E-state index is 9.42. The first-order chi connectivity index (χ1) is 11.4. The Labute approximate surface area is 138 Å². The van der Waals surface area contributed by atoms with E-state index in [9.17, 15) is 5.11 Å². The van der Waals surface area contributed by atoms with E-state index < -0.39 is 0 Å². The van der Waals surface area contributed by atoms with Crippen LogP contribution in [-0.2, 0) is 11.2 Å². The van der Waals surface area contributed by atoms with E-state index in [2.05, 4.69) is 47.4 Å². The molecule has 1 fully saturated rings. The van der Waals surface area contributed by atoms with Crippen molar-refractivity contribution in [2.75, 3.05) is 19.7 Å². The van der Waals surface area contributed by atoms with Gasteiger partial charge in [0.15, 0.2) is 0 Å². The molecule has 0 spiro atoms. The molecular formula is C20H25NO2. The van der Waals surface area contributed by atoms with Crippen molar-refractivity contribution in [2.45, 2.75) is 31.6 Å². The molecule has 122 valence electrons. The number of rotatable bonds is 7. The summed E-state index contributed by atoms with van der Waals surface area (Å²) in [6, 6.07) is 20.9. The average Bonchev–Trinajstić information content (AvgIpc) is 3.04. The third kappa shape index (κ3) is 4.41. The maximum atomic E-state index is 9.42. The number of unbranched alkanes of at least 4 members (excludes halogenated alkanes) is 1. The van der Waals surface area contributed by atoms with Crippen LogP contribution in [0.2, 0.25) is 0 Å². The van der Waals surface area contributed by atoms with Gasteiger partial charge in [-0.1, -0.05) is 60.7 Å². The van der Waals surface area contributed by atoms with Crippen molar-refractivity contribution >= 4 is 0 Å². The summed E-state index contributed by atoms with van der Waals surface area (Å²) < 4.78 is 6.00. The van der Waals surface area contributed by atoms with E-state index in [0.29, 0.717) is 0 Å². The largest absolute Gasteiger partial charge is 0.394 e. The molecule has 0 saturated carbocycles. The predicted octanol–water partition coefficient (Wildman–Crippen LogP) is 3.40. The van der Waals surface area contributed by atoms with Gasteiger partial charge in [0.05, 0.1) is 12.7 Å². The van der Waals surface area contributed by atoms with Crippen LogP contribution in [-0.4, -0.2) is 35.8 Å². The molecular weight excluding hydrogens is 286 g/mol. The summed E-state index contributed by atoms with van der Waals surface area (Å²) in [6.07, 6.45) is 3.33. The van der Waals surface area contributed by atoms with Crippen molar-refractivity contribution < 1.29 is 9.84 Å². The Hall–Kier alpha value is -1.68. The minimum absolute atomic E-state index is 0.0231. The fourth-order valence-corrected chi connectivity index (χ4v) is 3.17. The lowest BCUT2D eigenvalue weighted by Gasteiger charge is -2.23. The van der Waals surface area contributed by atoms with Gasteiger partial charge < -0.3 is 9.84 Å². The Kier molecular flexibility index (Phi) is 5.81. The summed E-state index contributed by atoms with van der Waals surface area (Å²) in [7, 11) is 0. The molecule has 1 saturated heterocycles. The normalized spacial score (nSPS) is 21.6. The van der Waals surface area contributed by atoms with E-state index in [4.69, 9.17) is 4.74 Å². The Morgan fingerprint density at radius 1 is 0.957 bits per heavy atom. The van der Waals surface area contributed by atoms with Crippen LogP contribution < -0.4 is 0 Å². The van der Waals surface area contributed by atoms with Crippen molar-refractivity contribution in [1.82, 2.24) is 4.90 Å². The summed E-state index contributed by atoms with van der Waals surface area (Å²) in [4.78, 5) is 2.35. The zero-order chi connectivity index (χ0) is 15.9.